The lowest BCUT2D eigenvalue weighted by atomic mass is 10.1. The molecular formula is C22H15F6N7O2. The summed E-state index contributed by atoms with van der Waals surface area (Å²) in [7, 11) is 0. The molecule has 0 aliphatic carbocycles. The molecule has 192 valence electrons. The van der Waals surface area contributed by atoms with Crippen LogP contribution in [0.2, 0.25) is 0 Å². The minimum absolute atomic E-state index is 0.00790. The predicted molar refractivity (Wildman–Crippen MR) is 116 cm³/mol. The predicted octanol–water partition coefficient (Wildman–Crippen LogP) is 3.73. The number of alkyl halides is 5. The Hall–Kier alpha value is -4.43. The van der Waals surface area contributed by atoms with E-state index in [1.165, 1.54) is 16.8 Å². The molecule has 0 atom stereocenters. The van der Waals surface area contributed by atoms with E-state index in [-0.39, 0.29) is 41.1 Å². The summed E-state index contributed by atoms with van der Waals surface area (Å²) < 4.78 is 81.3. The fourth-order valence-corrected chi connectivity index (χ4v) is 4.17. The van der Waals surface area contributed by atoms with Gasteiger partial charge in [0.15, 0.2) is 11.5 Å². The molecule has 4 aromatic rings. The van der Waals surface area contributed by atoms with Crippen molar-refractivity contribution in [1.82, 2.24) is 33.8 Å². The molecule has 0 spiro atoms. The summed E-state index contributed by atoms with van der Waals surface area (Å²) in [5, 5.41) is 3.61. The first-order valence-electron chi connectivity index (χ1n) is 10.6. The van der Waals surface area contributed by atoms with Gasteiger partial charge in [0, 0.05) is 36.6 Å². The zero-order chi connectivity index (χ0) is 26.6. The summed E-state index contributed by atoms with van der Waals surface area (Å²) in [5.41, 5.74) is -1.25. The van der Waals surface area contributed by atoms with Gasteiger partial charge in [0.05, 0.1) is 29.6 Å². The van der Waals surface area contributed by atoms with Gasteiger partial charge >= 0.3 is 18.4 Å². The van der Waals surface area contributed by atoms with Crippen LogP contribution >= 0.6 is 0 Å². The van der Waals surface area contributed by atoms with Crippen molar-refractivity contribution >= 4 is 17.1 Å². The van der Waals surface area contributed by atoms with Crippen molar-refractivity contribution in [3.63, 3.8) is 0 Å². The van der Waals surface area contributed by atoms with Gasteiger partial charge in [0.25, 0.3) is 5.91 Å². The fraction of sp³-hybridized carbons (Fsp3) is 0.227. The number of hydrogen-bond donors (Lipinski definition) is 0. The summed E-state index contributed by atoms with van der Waals surface area (Å²) in [6, 6.07) is 2.55. The minimum atomic E-state index is -4.70. The number of carbonyl (C=O) groups excluding carboxylic acids is 1. The van der Waals surface area contributed by atoms with Crippen LogP contribution in [0.5, 0.6) is 0 Å². The Morgan fingerprint density at radius 3 is 2.41 bits per heavy atom. The zero-order valence-electron chi connectivity index (χ0n) is 18.5. The van der Waals surface area contributed by atoms with Crippen LogP contribution in [0.4, 0.5) is 26.3 Å². The molecule has 15 heteroatoms. The molecule has 0 radical (unpaired) electrons. The highest BCUT2D eigenvalue weighted by Gasteiger charge is 2.37. The third kappa shape index (κ3) is 4.05. The lowest BCUT2D eigenvalue weighted by Crippen LogP contribution is -2.52. The number of carbonyl (C=O) groups is 1. The van der Waals surface area contributed by atoms with Crippen LogP contribution in [0, 0.1) is 0 Å². The molecule has 0 unspecified atom stereocenters. The summed E-state index contributed by atoms with van der Waals surface area (Å²) in [4.78, 5) is 34.3. The number of likely N-dealkylation sites (tertiary alicyclic amines) is 1. The maximum Gasteiger partial charge on any atom is 0.433 e. The fourth-order valence-electron chi connectivity index (χ4n) is 4.17. The lowest BCUT2D eigenvalue weighted by molar-refractivity contribution is -0.141. The lowest BCUT2D eigenvalue weighted by Gasteiger charge is -2.39. The Kier molecular flexibility index (Phi) is 5.64. The first-order valence-corrected chi connectivity index (χ1v) is 10.6. The van der Waals surface area contributed by atoms with Crippen LogP contribution in [0.1, 0.15) is 18.3 Å². The van der Waals surface area contributed by atoms with E-state index >= 15 is 0 Å². The van der Waals surface area contributed by atoms with E-state index in [0.717, 1.165) is 34.1 Å². The number of rotatable bonds is 5. The Balaban J connectivity index is 1.69. The Morgan fingerprint density at radius 2 is 1.84 bits per heavy atom. The molecule has 1 saturated heterocycles. The molecule has 1 amide bonds. The number of nitrogens with zero attached hydrogens (tertiary/aromatic N) is 7. The largest absolute Gasteiger partial charge is 0.433 e. The Morgan fingerprint density at radius 1 is 1.11 bits per heavy atom. The second kappa shape index (κ2) is 8.60. The first kappa shape index (κ1) is 24.3. The third-order valence-corrected chi connectivity index (χ3v) is 5.91. The second-order valence-electron chi connectivity index (χ2n) is 8.17. The van der Waals surface area contributed by atoms with E-state index in [2.05, 4.69) is 21.6 Å². The molecule has 5 heterocycles. The van der Waals surface area contributed by atoms with E-state index in [9.17, 15) is 35.9 Å². The van der Waals surface area contributed by atoms with Gasteiger partial charge in [0.1, 0.15) is 5.69 Å². The third-order valence-electron chi connectivity index (χ3n) is 5.91. The zero-order valence-corrected chi connectivity index (χ0v) is 18.5. The van der Waals surface area contributed by atoms with Crippen LogP contribution in [0.3, 0.4) is 0 Å². The molecule has 37 heavy (non-hydrogen) atoms. The van der Waals surface area contributed by atoms with Gasteiger partial charge in [-0.05, 0) is 18.2 Å². The van der Waals surface area contributed by atoms with E-state index < -0.39 is 41.9 Å². The highest BCUT2D eigenvalue weighted by molar-refractivity contribution is 5.92. The van der Waals surface area contributed by atoms with E-state index in [1.54, 1.807) is 0 Å². The normalized spacial score (nSPS) is 14.4. The molecule has 4 aromatic heterocycles. The molecule has 1 aliphatic rings. The molecule has 1 aliphatic heterocycles. The van der Waals surface area contributed by atoms with Gasteiger partial charge in [-0.25, -0.2) is 28.4 Å². The van der Waals surface area contributed by atoms with E-state index in [1.807, 2.05) is 0 Å². The maximum atomic E-state index is 13.6. The van der Waals surface area contributed by atoms with Gasteiger partial charge in [-0.3, -0.25) is 9.36 Å². The monoisotopic (exact) mass is 523 g/mol. The average Bonchev–Trinajstić information content (AvgIpc) is 3.41. The van der Waals surface area contributed by atoms with Crippen molar-refractivity contribution in [3.05, 3.63) is 71.6 Å². The number of pyridine rings is 2. The number of fused-ring (bicyclic) bond motifs is 1. The van der Waals surface area contributed by atoms with Crippen LogP contribution in [0.25, 0.3) is 28.0 Å². The maximum absolute atomic E-state index is 13.6. The number of imidazole rings is 1. The van der Waals surface area contributed by atoms with Crippen LogP contribution in [0.15, 0.2) is 60.2 Å². The molecule has 0 bridgehead atoms. The van der Waals surface area contributed by atoms with Gasteiger partial charge in [-0.15, -0.1) is 0 Å². The van der Waals surface area contributed by atoms with Crippen molar-refractivity contribution in [2.45, 2.75) is 18.8 Å². The van der Waals surface area contributed by atoms with Gasteiger partial charge in [-0.1, -0.05) is 6.58 Å². The SMILES string of the molecule is C=C(F)C(=O)N1CC(n2c(=O)n(-c3ccc(C(F)(F)F)nc3)c3nccc(-c4cnn(C(F)F)c4)c32)C1. The quantitative estimate of drug-likeness (QED) is 0.294. The number of amides is 1. The van der Waals surface area contributed by atoms with Gasteiger partial charge < -0.3 is 4.90 Å². The number of halogens is 6. The number of aromatic nitrogens is 6. The molecule has 0 N–H and O–H groups in total. The summed E-state index contributed by atoms with van der Waals surface area (Å²) >= 11 is 0. The second-order valence-corrected chi connectivity index (χ2v) is 8.17. The molecule has 5 rings (SSSR count). The first-order chi connectivity index (χ1) is 17.5. The molecule has 0 aromatic carbocycles. The summed E-state index contributed by atoms with van der Waals surface area (Å²) in [5.74, 6) is -2.12. The van der Waals surface area contributed by atoms with Crippen molar-refractivity contribution < 1.29 is 31.1 Å². The standard InChI is InChI=1S/C22H15F6N7O2/c1-11(23)19(36)32-9-14(10-32)34-17-15(12-6-31-33(8-12)20(24)25)4-5-29-18(17)35(21(34)37)13-2-3-16(30-7-13)22(26,27)28/h2-8,14,20H,1,9-10H2. The minimum Gasteiger partial charge on any atom is -0.332 e. The topological polar surface area (TPSA) is 90.8 Å². The number of hydrogen-bond acceptors (Lipinski definition) is 5. The molecule has 0 saturated carbocycles. The van der Waals surface area contributed by atoms with Crippen molar-refractivity contribution in [2.75, 3.05) is 13.1 Å². The Bertz CT molecular complexity index is 1580. The van der Waals surface area contributed by atoms with Gasteiger partial charge in [-0.2, -0.15) is 27.1 Å². The van der Waals surface area contributed by atoms with Crippen molar-refractivity contribution in [3.8, 4) is 16.8 Å². The summed E-state index contributed by atoms with van der Waals surface area (Å²) in [6.07, 6.45) is -0.304. The van der Waals surface area contributed by atoms with E-state index in [4.69, 9.17) is 0 Å². The highest BCUT2D eigenvalue weighted by Crippen LogP contribution is 2.34. The average molecular weight is 523 g/mol. The molecule has 1 fully saturated rings. The summed E-state index contributed by atoms with van der Waals surface area (Å²) in [6.45, 7) is -0.102. The smallest absolute Gasteiger partial charge is 0.332 e. The molecular weight excluding hydrogens is 508 g/mol. The Labute approximate surface area is 202 Å². The van der Waals surface area contributed by atoms with Crippen molar-refractivity contribution in [1.29, 1.82) is 0 Å². The van der Waals surface area contributed by atoms with Crippen LogP contribution < -0.4 is 5.69 Å². The van der Waals surface area contributed by atoms with Crippen molar-refractivity contribution in [2.24, 2.45) is 0 Å². The van der Waals surface area contributed by atoms with Gasteiger partial charge in [0.2, 0.25) is 0 Å². The molecule has 9 nitrogen and oxygen atoms in total. The van der Waals surface area contributed by atoms with Crippen LogP contribution in [-0.4, -0.2) is 52.8 Å². The highest BCUT2D eigenvalue weighted by atomic mass is 19.4. The van der Waals surface area contributed by atoms with Crippen LogP contribution in [-0.2, 0) is 11.0 Å². The van der Waals surface area contributed by atoms with E-state index in [0.29, 0.717) is 10.7 Å².